The van der Waals surface area contributed by atoms with Crippen LogP contribution in [0.15, 0.2) is 22.6 Å². The quantitative estimate of drug-likeness (QED) is 0.874. The molecule has 2 atom stereocenters. The van der Waals surface area contributed by atoms with Crippen molar-refractivity contribution in [3.05, 3.63) is 33.7 Å². The molecule has 0 aliphatic carbocycles. The molecule has 0 radical (unpaired) electrons. The van der Waals surface area contributed by atoms with E-state index in [0.29, 0.717) is 11.5 Å². The summed E-state index contributed by atoms with van der Waals surface area (Å²) in [5, 5.41) is 10.8. The maximum Gasteiger partial charge on any atom is 0.308 e. The smallest absolute Gasteiger partial charge is 0.308 e. The lowest BCUT2D eigenvalue weighted by molar-refractivity contribution is -0.142. The average molecular weight is 307 g/mol. The first kappa shape index (κ1) is 13.7. The van der Waals surface area contributed by atoms with Crippen molar-refractivity contribution in [2.45, 2.75) is 6.92 Å². The van der Waals surface area contributed by atoms with Crippen LogP contribution in [0.1, 0.15) is 17.3 Å². The van der Waals surface area contributed by atoms with E-state index in [1.807, 2.05) is 0 Å². The van der Waals surface area contributed by atoms with Crippen molar-refractivity contribution in [1.82, 2.24) is 14.3 Å². The largest absolute Gasteiger partial charge is 0.481 e. The summed E-state index contributed by atoms with van der Waals surface area (Å²) in [7, 11) is 0. The van der Waals surface area contributed by atoms with E-state index in [-0.39, 0.29) is 18.0 Å². The number of aromatic nitrogens is 2. The second kappa shape index (κ2) is 4.96. The van der Waals surface area contributed by atoms with Crippen LogP contribution in [0.3, 0.4) is 0 Å². The van der Waals surface area contributed by atoms with Gasteiger partial charge in [0.1, 0.15) is 5.56 Å². The number of aliphatic carboxylic acids is 1. The number of hydrogen-bond donors (Lipinski definition) is 1. The zero-order valence-corrected chi connectivity index (χ0v) is 12.0. The number of carboxylic acid groups (broad SMARTS) is 1. The van der Waals surface area contributed by atoms with E-state index in [2.05, 4.69) is 4.98 Å². The minimum absolute atomic E-state index is 0.0239. The van der Waals surface area contributed by atoms with Gasteiger partial charge in [0.2, 0.25) is 0 Å². The van der Waals surface area contributed by atoms with Gasteiger partial charge in [-0.2, -0.15) is 0 Å². The fourth-order valence-electron chi connectivity index (χ4n) is 2.60. The summed E-state index contributed by atoms with van der Waals surface area (Å²) in [6.45, 7) is 2.25. The Labute approximate surface area is 123 Å². The molecule has 8 heteroatoms. The van der Waals surface area contributed by atoms with Gasteiger partial charge in [-0.05, 0) is 5.92 Å². The minimum Gasteiger partial charge on any atom is -0.481 e. The van der Waals surface area contributed by atoms with Gasteiger partial charge in [-0.15, -0.1) is 11.3 Å². The zero-order valence-electron chi connectivity index (χ0n) is 11.2. The molecule has 3 heterocycles. The predicted octanol–water partition coefficient (Wildman–Crippen LogP) is 0.549. The number of fused-ring (bicyclic) bond motifs is 1. The fraction of sp³-hybridized carbons (Fsp3) is 0.385. The minimum atomic E-state index is -0.916. The van der Waals surface area contributed by atoms with Crippen LogP contribution in [0.4, 0.5) is 0 Å². The maximum atomic E-state index is 12.4. The van der Waals surface area contributed by atoms with E-state index in [1.54, 1.807) is 18.5 Å². The monoisotopic (exact) mass is 307 g/mol. The molecule has 1 amide bonds. The van der Waals surface area contributed by atoms with Crippen molar-refractivity contribution in [1.29, 1.82) is 0 Å². The highest BCUT2D eigenvalue weighted by molar-refractivity contribution is 7.15. The Morgan fingerprint density at radius 3 is 2.86 bits per heavy atom. The van der Waals surface area contributed by atoms with Crippen molar-refractivity contribution in [3.63, 3.8) is 0 Å². The highest BCUT2D eigenvalue weighted by Gasteiger charge is 2.37. The third kappa shape index (κ3) is 2.21. The van der Waals surface area contributed by atoms with E-state index >= 15 is 0 Å². The van der Waals surface area contributed by atoms with Gasteiger partial charge in [0.05, 0.1) is 5.92 Å². The molecule has 1 aliphatic heterocycles. The van der Waals surface area contributed by atoms with Crippen LogP contribution in [-0.4, -0.2) is 44.4 Å². The number of likely N-dealkylation sites (tertiary alicyclic amines) is 1. The molecule has 1 fully saturated rings. The molecular weight excluding hydrogens is 294 g/mol. The Hall–Kier alpha value is -2.22. The number of carbonyl (C=O) groups is 2. The van der Waals surface area contributed by atoms with Gasteiger partial charge >= 0.3 is 5.97 Å². The summed E-state index contributed by atoms with van der Waals surface area (Å²) >= 11 is 1.31. The zero-order chi connectivity index (χ0) is 15.1. The highest BCUT2D eigenvalue weighted by Crippen LogP contribution is 2.24. The number of thiazole rings is 1. The SMILES string of the molecule is C[C@@H]1CN(C(=O)c2cnc3sccn3c2=O)C[C@H]1C(=O)O. The van der Waals surface area contributed by atoms with Crippen LogP contribution in [0.25, 0.3) is 4.96 Å². The Morgan fingerprint density at radius 2 is 2.19 bits per heavy atom. The predicted molar refractivity (Wildman–Crippen MR) is 75.5 cm³/mol. The van der Waals surface area contributed by atoms with E-state index in [4.69, 9.17) is 5.11 Å². The molecular formula is C13H13N3O4S. The van der Waals surface area contributed by atoms with E-state index in [0.717, 1.165) is 0 Å². The lowest BCUT2D eigenvalue weighted by atomic mass is 9.99. The molecule has 0 aromatic carbocycles. The molecule has 0 saturated carbocycles. The van der Waals surface area contributed by atoms with Gasteiger partial charge in [-0.3, -0.25) is 18.8 Å². The summed E-state index contributed by atoms with van der Waals surface area (Å²) in [5.74, 6) is -2.09. The van der Waals surface area contributed by atoms with Gasteiger partial charge in [0.15, 0.2) is 4.96 Å². The summed E-state index contributed by atoms with van der Waals surface area (Å²) < 4.78 is 1.33. The molecule has 1 saturated heterocycles. The average Bonchev–Trinajstić information content (AvgIpc) is 3.05. The van der Waals surface area contributed by atoms with Crippen LogP contribution in [-0.2, 0) is 4.79 Å². The normalized spacial score (nSPS) is 21.9. The second-order valence-electron chi connectivity index (χ2n) is 5.16. The first-order valence-electron chi connectivity index (χ1n) is 6.46. The lowest BCUT2D eigenvalue weighted by Crippen LogP contribution is -2.34. The maximum absolute atomic E-state index is 12.4. The second-order valence-corrected chi connectivity index (χ2v) is 6.04. The summed E-state index contributed by atoms with van der Waals surface area (Å²) in [6.07, 6.45) is 2.84. The third-order valence-corrected chi connectivity index (χ3v) is 4.56. The topological polar surface area (TPSA) is 92.0 Å². The van der Waals surface area contributed by atoms with Crippen LogP contribution in [0.5, 0.6) is 0 Å². The van der Waals surface area contributed by atoms with E-state index < -0.39 is 23.4 Å². The number of rotatable bonds is 2. The number of amides is 1. The molecule has 0 spiro atoms. The Bertz CT molecular complexity index is 781. The summed E-state index contributed by atoms with van der Waals surface area (Å²) in [6, 6.07) is 0. The number of nitrogens with zero attached hydrogens (tertiary/aromatic N) is 3. The van der Waals surface area contributed by atoms with Crippen molar-refractivity contribution in [2.24, 2.45) is 11.8 Å². The number of carboxylic acids is 1. The molecule has 7 nitrogen and oxygen atoms in total. The van der Waals surface area contributed by atoms with Gasteiger partial charge < -0.3 is 10.0 Å². The molecule has 0 bridgehead atoms. The third-order valence-electron chi connectivity index (χ3n) is 3.79. The molecule has 1 N–H and O–H groups in total. The van der Waals surface area contributed by atoms with E-state index in [9.17, 15) is 14.4 Å². The van der Waals surface area contributed by atoms with Gasteiger partial charge in [0, 0.05) is 30.9 Å². The Morgan fingerprint density at radius 1 is 1.43 bits per heavy atom. The summed E-state index contributed by atoms with van der Waals surface area (Å²) in [5.41, 5.74) is -0.443. The molecule has 21 heavy (non-hydrogen) atoms. The highest BCUT2D eigenvalue weighted by atomic mass is 32.1. The van der Waals surface area contributed by atoms with Crippen molar-refractivity contribution < 1.29 is 14.7 Å². The molecule has 2 aromatic rings. The lowest BCUT2D eigenvalue weighted by Gasteiger charge is -2.15. The molecule has 2 aromatic heterocycles. The van der Waals surface area contributed by atoms with E-state index in [1.165, 1.54) is 26.8 Å². The first-order chi connectivity index (χ1) is 9.99. The first-order valence-corrected chi connectivity index (χ1v) is 7.34. The Kier molecular flexibility index (Phi) is 3.25. The van der Waals surface area contributed by atoms with Crippen LogP contribution >= 0.6 is 11.3 Å². The van der Waals surface area contributed by atoms with Gasteiger partial charge in [-0.25, -0.2) is 4.98 Å². The molecule has 110 valence electrons. The van der Waals surface area contributed by atoms with Crippen LogP contribution in [0, 0.1) is 11.8 Å². The van der Waals surface area contributed by atoms with Crippen molar-refractivity contribution in [2.75, 3.05) is 13.1 Å². The van der Waals surface area contributed by atoms with Crippen LogP contribution in [0.2, 0.25) is 0 Å². The van der Waals surface area contributed by atoms with Gasteiger partial charge in [-0.1, -0.05) is 6.92 Å². The van der Waals surface area contributed by atoms with Gasteiger partial charge in [0.25, 0.3) is 11.5 Å². The molecule has 3 rings (SSSR count). The van der Waals surface area contributed by atoms with Crippen LogP contribution < -0.4 is 5.56 Å². The molecule has 1 aliphatic rings. The number of carbonyl (C=O) groups excluding carboxylic acids is 1. The fourth-order valence-corrected chi connectivity index (χ4v) is 3.27. The summed E-state index contributed by atoms with van der Waals surface area (Å²) in [4.78, 5) is 41.8. The van der Waals surface area contributed by atoms with Crippen molar-refractivity contribution in [3.8, 4) is 0 Å². The number of hydrogen-bond acceptors (Lipinski definition) is 5. The standard InChI is InChI=1S/C13H13N3O4S/c1-7-5-15(6-9(7)12(19)20)10(17)8-4-14-13-16(11(8)18)2-3-21-13/h2-4,7,9H,5-6H2,1H3,(H,19,20)/t7-,9-/m1/s1. The Balaban J connectivity index is 1.93. The molecule has 0 unspecified atom stereocenters. The van der Waals surface area contributed by atoms with Crippen molar-refractivity contribution >= 4 is 28.2 Å².